The van der Waals surface area contributed by atoms with Crippen LogP contribution in [-0.2, 0) is 4.79 Å². The lowest BCUT2D eigenvalue weighted by Crippen LogP contribution is -2.14. The number of hydrogen-bond acceptors (Lipinski definition) is 6. The Morgan fingerprint density at radius 2 is 1.82 bits per heavy atom. The van der Waals surface area contributed by atoms with Gasteiger partial charge in [0.2, 0.25) is 5.91 Å². The highest BCUT2D eigenvalue weighted by molar-refractivity contribution is 7.99. The van der Waals surface area contributed by atoms with Crippen molar-refractivity contribution >= 4 is 57.3 Å². The molecule has 0 aliphatic rings. The van der Waals surface area contributed by atoms with Gasteiger partial charge in [-0.05, 0) is 54.6 Å². The number of fused-ring (bicyclic) bond motifs is 1. The number of ether oxygens (including phenoxy) is 1. The second kappa shape index (κ2) is 9.89. The molecule has 0 radical (unpaired) electrons. The van der Waals surface area contributed by atoms with Gasteiger partial charge in [-0.2, -0.15) is 0 Å². The molecule has 3 aromatic carbocycles. The van der Waals surface area contributed by atoms with E-state index in [1.807, 2.05) is 66.0 Å². The van der Waals surface area contributed by atoms with Crippen LogP contribution in [-0.4, -0.2) is 33.7 Å². The highest BCUT2D eigenvalue weighted by Gasteiger charge is 2.10. The third-order valence-corrected chi connectivity index (χ3v) is 7.07. The number of imidazole rings is 1. The zero-order valence-corrected chi connectivity index (χ0v) is 20.4. The van der Waals surface area contributed by atoms with Crippen LogP contribution in [0.4, 0.5) is 5.69 Å². The third kappa shape index (κ3) is 5.09. The van der Waals surface area contributed by atoms with E-state index in [1.54, 1.807) is 24.5 Å². The van der Waals surface area contributed by atoms with Gasteiger partial charge in [0.25, 0.3) is 0 Å². The van der Waals surface area contributed by atoms with E-state index in [0.29, 0.717) is 10.2 Å². The largest absolute Gasteiger partial charge is 0.497 e. The lowest BCUT2D eigenvalue weighted by atomic mass is 10.1. The molecule has 0 aliphatic carbocycles. The number of thiazole rings is 1. The Morgan fingerprint density at radius 3 is 2.59 bits per heavy atom. The number of aromatic nitrogens is 3. The van der Waals surface area contributed by atoms with Crippen molar-refractivity contribution in [1.29, 1.82) is 0 Å². The molecule has 1 amide bonds. The van der Waals surface area contributed by atoms with Crippen LogP contribution < -0.4 is 10.1 Å². The molecule has 9 heteroatoms. The number of thioether (sulfide) groups is 1. The van der Waals surface area contributed by atoms with Crippen LogP contribution in [0.15, 0.2) is 77.3 Å². The lowest BCUT2D eigenvalue weighted by molar-refractivity contribution is -0.113. The first-order chi connectivity index (χ1) is 16.6. The van der Waals surface area contributed by atoms with Crippen LogP contribution in [0.3, 0.4) is 0 Å². The van der Waals surface area contributed by atoms with Crippen molar-refractivity contribution in [3.05, 3.63) is 77.1 Å². The van der Waals surface area contributed by atoms with Gasteiger partial charge in [0.1, 0.15) is 10.8 Å². The van der Waals surface area contributed by atoms with Gasteiger partial charge in [0.05, 0.1) is 29.6 Å². The number of methoxy groups -OCH3 is 1. The minimum absolute atomic E-state index is 0.105. The Labute approximate surface area is 209 Å². The smallest absolute Gasteiger partial charge is 0.234 e. The number of carbonyl (C=O) groups excluding carboxylic acids is 1. The van der Waals surface area contributed by atoms with Crippen LogP contribution in [0.5, 0.6) is 5.75 Å². The molecule has 170 valence electrons. The lowest BCUT2D eigenvalue weighted by Gasteiger charge is -2.05. The Hall–Kier alpha value is -3.33. The van der Waals surface area contributed by atoms with Gasteiger partial charge in [0, 0.05) is 27.2 Å². The summed E-state index contributed by atoms with van der Waals surface area (Å²) in [5.41, 5.74) is 5.34. The molecule has 5 rings (SSSR count). The predicted octanol–water partition coefficient (Wildman–Crippen LogP) is 6.75. The highest BCUT2D eigenvalue weighted by atomic mass is 35.5. The van der Waals surface area contributed by atoms with E-state index >= 15 is 0 Å². The Morgan fingerprint density at radius 1 is 1.06 bits per heavy atom. The predicted molar refractivity (Wildman–Crippen MR) is 140 cm³/mol. The number of nitrogens with one attached hydrogen (secondary N) is 2. The number of carbonyl (C=O) groups is 1. The first kappa shape index (κ1) is 22.5. The normalized spacial score (nSPS) is 11.0. The Bertz CT molecular complexity index is 1450. The molecule has 2 heterocycles. The number of rotatable bonds is 7. The molecule has 0 unspecified atom stereocenters. The summed E-state index contributed by atoms with van der Waals surface area (Å²) in [5.74, 6) is 0.956. The quantitative estimate of drug-likeness (QED) is 0.239. The topological polar surface area (TPSA) is 79.9 Å². The molecule has 0 saturated carbocycles. The van der Waals surface area contributed by atoms with Crippen molar-refractivity contribution in [2.24, 2.45) is 0 Å². The molecule has 0 bridgehead atoms. The van der Waals surface area contributed by atoms with E-state index < -0.39 is 0 Å². The van der Waals surface area contributed by atoms with Gasteiger partial charge in [-0.25, -0.2) is 9.97 Å². The molecule has 0 fully saturated rings. The number of nitrogens with zero attached hydrogens (tertiary/aromatic N) is 2. The first-order valence-corrected chi connectivity index (χ1v) is 12.6. The van der Waals surface area contributed by atoms with Gasteiger partial charge in [-0.3, -0.25) is 4.79 Å². The zero-order valence-electron chi connectivity index (χ0n) is 18.0. The minimum atomic E-state index is -0.105. The molecular weight excluding hydrogens is 488 g/mol. The second-order valence-corrected chi connectivity index (χ2v) is 9.64. The van der Waals surface area contributed by atoms with Crippen molar-refractivity contribution in [1.82, 2.24) is 15.0 Å². The number of aromatic amines is 1. The molecule has 0 spiro atoms. The van der Waals surface area contributed by atoms with Crippen molar-refractivity contribution in [2.75, 3.05) is 18.2 Å². The summed E-state index contributed by atoms with van der Waals surface area (Å²) < 4.78 is 5.21. The summed E-state index contributed by atoms with van der Waals surface area (Å²) in [6.07, 6.45) is 0. The average Bonchev–Trinajstić information content (AvgIpc) is 3.50. The number of amides is 1. The summed E-state index contributed by atoms with van der Waals surface area (Å²) in [6.45, 7) is 0. The fraction of sp³-hybridized carbons (Fsp3) is 0.0800. The van der Waals surface area contributed by atoms with E-state index in [-0.39, 0.29) is 11.7 Å². The van der Waals surface area contributed by atoms with Crippen LogP contribution >= 0.6 is 34.7 Å². The van der Waals surface area contributed by atoms with Crippen molar-refractivity contribution in [3.63, 3.8) is 0 Å². The first-order valence-electron chi connectivity index (χ1n) is 10.4. The summed E-state index contributed by atoms with van der Waals surface area (Å²) >= 11 is 8.94. The van der Waals surface area contributed by atoms with Crippen LogP contribution in [0.25, 0.3) is 32.9 Å². The molecule has 0 atom stereocenters. The number of H-pyrrole nitrogens is 1. The maximum absolute atomic E-state index is 12.4. The van der Waals surface area contributed by atoms with Gasteiger partial charge in [-0.1, -0.05) is 35.5 Å². The second-order valence-electron chi connectivity index (χ2n) is 7.38. The van der Waals surface area contributed by atoms with Crippen LogP contribution in [0.1, 0.15) is 0 Å². The SMILES string of the molecule is COc1ccc(-c2nc(-c3ccc(NC(=O)CSc4nc5ccc(Cl)cc5[nH]4)cc3)cs2)cc1. The van der Waals surface area contributed by atoms with Crippen molar-refractivity contribution < 1.29 is 9.53 Å². The standard InChI is InChI=1S/C25H19ClN4O2S2/c1-32-19-9-4-16(5-10-19)24-28-22(13-33-24)15-2-7-18(8-3-15)27-23(31)14-34-25-29-20-11-6-17(26)12-21(20)30-25/h2-13H,14H2,1H3,(H,27,31)(H,29,30). The summed E-state index contributed by atoms with van der Waals surface area (Å²) in [4.78, 5) is 24.8. The van der Waals surface area contributed by atoms with E-state index in [9.17, 15) is 4.79 Å². The highest BCUT2D eigenvalue weighted by Crippen LogP contribution is 2.30. The molecule has 34 heavy (non-hydrogen) atoms. The summed E-state index contributed by atoms with van der Waals surface area (Å²) in [6, 6.07) is 21.0. The monoisotopic (exact) mass is 506 g/mol. The number of halogens is 1. The fourth-order valence-electron chi connectivity index (χ4n) is 3.35. The minimum Gasteiger partial charge on any atom is -0.497 e. The van der Waals surface area contributed by atoms with Gasteiger partial charge in [-0.15, -0.1) is 11.3 Å². The zero-order chi connectivity index (χ0) is 23.5. The summed E-state index contributed by atoms with van der Waals surface area (Å²) in [7, 11) is 1.65. The summed E-state index contributed by atoms with van der Waals surface area (Å²) in [5, 5.41) is 7.22. The number of benzene rings is 3. The molecule has 2 aromatic heterocycles. The third-order valence-electron chi connectivity index (χ3n) is 5.07. The molecule has 6 nitrogen and oxygen atoms in total. The maximum Gasteiger partial charge on any atom is 0.234 e. The van der Waals surface area contributed by atoms with E-state index in [2.05, 4.69) is 15.3 Å². The molecule has 5 aromatic rings. The van der Waals surface area contributed by atoms with Crippen LogP contribution in [0, 0.1) is 0 Å². The van der Waals surface area contributed by atoms with Crippen molar-refractivity contribution in [2.45, 2.75) is 5.16 Å². The van der Waals surface area contributed by atoms with Crippen molar-refractivity contribution in [3.8, 4) is 27.6 Å². The van der Waals surface area contributed by atoms with E-state index in [0.717, 1.165) is 44.3 Å². The molecule has 0 aliphatic heterocycles. The van der Waals surface area contributed by atoms with Gasteiger partial charge in [0.15, 0.2) is 5.16 Å². The number of anilines is 1. The van der Waals surface area contributed by atoms with E-state index in [1.165, 1.54) is 11.8 Å². The molecule has 2 N–H and O–H groups in total. The van der Waals surface area contributed by atoms with Crippen LogP contribution in [0.2, 0.25) is 5.02 Å². The Balaban J connectivity index is 1.19. The maximum atomic E-state index is 12.4. The fourth-order valence-corrected chi connectivity index (χ4v) is 5.05. The molecular formula is C25H19ClN4O2S2. The molecule has 0 saturated heterocycles. The van der Waals surface area contributed by atoms with Gasteiger partial charge >= 0.3 is 0 Å². The average molecular weight is 507 g/mol. The Kier molecular flexibility index (Phi) is 6.53. The number of hydrogen-bond donors (Lipinski definition) is 2. The van der Waals surface area contributed by atoms with E-state index in [4.69, 9.17) is 21.3 Å². The van der Waals surface area contributed by atoms with Gasteiger partial charge < -0.3 is 15.0 Å².